The molecule has 8 heteroatoms. The Morgan fingerprint density at radius 2 is 1.97 bits per heavy atom. The molecule has 1 N–H and O–H groups in total. The van der Waals surface area contributed by atoms with Crippen molar-refractivity contribution in [3.05, 3.63) is 47.7 Å². The third-order valence-corrected chi connectivity index (χ3v) is 5.15. The molecule has 156 valence electrons. The molecule has 2 aromatic rings. The van der Waals surface area contributed by atoms with Crippen molar-refractivity contribution in [2.75, 3.05) is 26.7 Å². The smallest absolute Gasteiger partial charge is 0.238 e. The van der Waals surface area contributed by atoms with Crippen molar-refractivity contribution in [1.82, 2.24) is 25.3 Å². The fourth-order valence-electron chi connectivity index (χ4n) is 3.44. The first-order chi connectivity index (χ1) is 14.0. The fourth-order valence-corrected chi connectivity index (χ4v) is 3.44. The lowest BCUT2D eigenvalue weighted by Crippen LogP contribution is -2.59. The zero-order valence-electron chi connectivity index (χ0n) is 17.3. The van der Waals surface area contributed by atoms with Crippen molar-refractivity contribution in [3.8, 4) is 0 Å². The lowest BCUT2D eigenvalue weighted by Gasteiger charge is -2.40. The third kappa shape index (κ3) is 5.41. The molecule has 1 aromatic carbocycles. The average Bonchev–Trinajstić information content (AvgIpc) is 3.22. The van der Waals surface area contributed by atoms with Crippen molar-refractivity contribution in [1.29, 1.82) is 0 Å². The van der Waals surface area contributed by atoms with Crippen LogP contribution in [-0.2, 0) is 22.6 Å². The average molecular weight is 399 g/mol. The highest BCUT2D eigenvalue weighted by atomic mass is 16.4. The molecule has 0 bridgehead atoms. The van der Waals surface area contributed by atoms with Crippen molar-refractivity contribution in [2.24, 2.45) is 0 Å². The number of hydrogen-bond acceptors (Lipinski definition) is 6. The number of amides is 2. The van der Waals surface area contributed by atoms with Gasteiger partial charge in [-0.3, -0.25) is 14.5 Å². The Labute approximate surface area is 171 Å². The van der Waals surface area contributed by atoms with Gasteiger partial charge >= 0.3 is 0 Å². The summed E-state index contributed by atoms with van der Waals surface area (Å²) < 4.78 is 5.58. The summed E-state index contributed by atoms with van der Waals surface area (Å²) >= 11 is 0. The lowest BCUT2D eigenvalue weighted by molar-refractivity contribution is -0.138. The maximum Gasteiger partial charge on any atom is 0.238 e. The molecule has 1 aliphatic heterocycles. The van der Waals surface area contributed by atoms with Crippen LogP contribution in [0.1, 0.15) is 43.5 Å². The van der Waals surface area contributed by atoms with E-state index in [1.54, 1.807) is 11.9 Å². The molecule has 2 amide bonds. The normalized spacial score (nSPS) is 17.5. The minimum Gasteiger partial charge on any atom is -0.425 e. The third-order valence-electron chi connectivity index (χ3n) is 5.15. The molecule has 0 unspecified atom stereocenters. The largest absolute Gasteiger partial charge is 0.425 e. The molecule has 1 fully saturated rings. The predicted molar refractivity (Wildman–Crippen MR) is 108 cm³/mol. The second-order valence-electron chi connectivity index (χ2n) is 7.61. The number of piperazine rings is 1. The van der Waals surface area contributed by atoms with E-state index in [9.17, 15) is 9.59 Å². The summed E-state index contributed by atoms with van der Waals surface area (Å²) in [6.45, 7) is 6.27. The SMILES string of the molecule is CNC(=O)[C@H]1CN(C(=O)CCc2nnc(C(C)C)o2)CCN1Cc1ccccc1. The number of aromatic nitrogens is 2. The van der Waals surface area contributed by atoms with Crippen LogP contribution >= 0.6 is 0 Å². The summed E-state index contributed by atoms with van der Waals surface area (Å²) in [5, 5.41) is 10.7. The van der Waals surface area contributed by atoms with Crippen molar-refractivity contribution < 1.29 is 14.0 Å². The van der Waals surface area contributed by atoms with Crippen LogP contribution in [0.2, 0.25) is 0 Å². The summed E-state index contributed by atoms with van der Waals surface area (Å²) in [7, 11) is 1.63. The van der Waals surface area contributed by atoms with Gasteiger partial charge in [-0.15, -0.1) is 10.2 Å². The predicted octanol–water partition coefficient (Wildman–Crippen LogP) is 1.58. The first-order valence-corrected chi connectivity index (χ1v) is 10.1. The molecular formula is C21H29N5O3. The van der Waals surface area contributed by atoms with Crippen LogP contribution in [0.25, 0.3) is 0 Å². The molecule has 8 nitrogen and oxygen atoms in total. The van der Waals surface area contributed by atoms with E-state index in [0.29, 0.717) is 50.8 Å². The summed E-state index contributed by atoms with van der Waals surface area (Å²) in [4.78, 5) is 29.1. The van der Waals surface area contributed by atoms with Gasteiger partial charge in [-0.25, -0.2) is 0 Å². The molecule has 1 aliphatic rings. The highest BCUT2D eigenvalue weighted by Crippen LogP contribution is 2.17. The van der Waals surface area contributed by atoms with Gasteiger partial charge in [0.15, 0.2) is 0 Å². The van der Waals surface area contributed by atoms with Gasteiger partial charge in [0.05, 0.1) is 0 Å². The highest BCUT2D eigenvalue weighted by molar-refractivity contribution is 5.83. The number of nitrogens with one attached hydrogen (secondary N) is 1. The van der Waals surface area contributed by atoms with Crippen molar-refractivity contribution >= 4 is 11.8 Å². The molecule has 2 heterocycles. The van der Waals surface area contributed by atoms with Crippen LogP contribution in [0.15, 0.2) is 34.7 Å². The van der Waals surface area contributed by atoms with E-state index < -0.39 is 0 Å². The monoisotopic (exact) mass is 399 g/mol. The van der Waals surface area contributed by atoms with Crippen LogP contribution in [0, 0.1) is 0 Å². The number of carbonyl (C=O) groups is 2. The first kappa shape index (κ1) is 21.0. The molecule has 1 atom stereocenters. The van der Waals surface area contributed by atoms with Gasteiger partial charge in [-0.2, -0.15) is 0 Å². The van der Waals surface area contributed by atoms with Crippen LogP contribution in [0.3, 0.4) is 0 Å². The minimum atomic E-state index is -0.367. The lowest BCUT2D eigenvalue weighted by atomic mass is 10.1. The first-order valence-electron chi connectivity index (χ1n) is 10.1. The summed E-state index contributed by atoms with van der Waals surface area (Å²) in [6.07, 6.45) is 0.701. The number of benzene rings is 1. The molecule has 0 aliphatic carbocycles. The number of rotatable bonds is 7. The van der Waals surface area contributed by atoms with Crippen LogP contribution < -0.4 is 5.32 Å². The van der Waals surface area contributed by atoms with E-state index in [4.69, 9.17) is 4.42 Å². The van der Waals surface area contributed by atoms with E-state index in [1.807, 2.05) is 44.2 Å². The van der Waals surface area contributed by atoms with E-state index in [2.05, 4.69) is 20.4 Å². The fraction of sp³-hybridized carbons (Fsp3) is 0.524. The molecule has 1 saturated heterocycles. The molecule has 29 heavy (non-hydrogen) atoms. The Morgan fingerprint density at radius 1 is 1.21 bits per heavy atom. The summed E-state index contributed by atoms with van der Waals surface area (Å²) in [5.41, 5.74) is 1.15. The number of nitrogens with zero attached hydrogens (tertiary/aromatic N) is 4. The Balaban J connectivity index is 1.59. The Bertz CT molecular complexity index is 821. The van der Waals surface area contributed by atoms with Crippen molar-refractivity contribution in [3.63, 3.8) is 0 Å². The highest BCUT2D eigenvalue weighted by Gasteiger charge is 2.33. The number of likely N-dealkylation sites (N-methyl/N-ethyl adjacent to an activating group) is 1. The maximum absolute atomic E-state index is 12.7. The quantitative estimate of drug-likeness (QED) is 0.760. The zero-order chi connectivity index (χ0) is 20.8. The van der Waals surface area contributed by atoms with E-state index in [1.165, 1.54) is 0 Å². The summed E-state index contributed by atoms with van der Waals surface area (Å²) in [6, 6.07) is 9.69. The van der Waals surface area contributed by atoms with Gasteiger partial charge < -0.3 is 14.6 Å². The van der Waals surface area contributed by atoms with E-state index in [0.717, 1.165) is 5.56 Å². The van der Waals surface area contributed by atoms with E-state index >= 15 is 0 Å². The maximum atomic E-state index is 12.7. The molecular weight excluding hydrogens is 370 g/mol. The molecule has 1 aromatic heterocycles. The number of hydrogen-bond donors (Lipinski definition) is 1. The Morgan fingerprint density at radius 3 is 2.62 bits per heavy atom. The number of carbonyl (C=O) groups excluding carboxylic acids is 2. The molecule has 0 saturated carbocycles. The van der Waals surface area contributed by atoms with Crippen molar-refractivity contribution in [2.45, 2.75) is 45.2 Å². The van der Waals surface area contributed by atoms with Gasteiger partial charge in [-0.05, 0) is 5.56 Å². The van der Waals surface area contributed by atoms with E-state index in [-0.39, 0.29) is 23.8 Å². The van der Waals surface area contributed by atoms with Crippen LogP contribution in [0.5, 0.6) is 0 Å². The molecule has 3 rings (SSSR count). The summed E-state index contributed by atoms with van der Waals surface area (Å²) in [5.74, 6) is 1.16. The minimum absolute atomic E-state index is 0.00237. The van der Waals surface area contributed by atoms with Gasteiger partial charge in [0.25, 0.3) is 0 Å². The Kier molecular flexibility index (Phi) is 6.98. The zero-order valence-corrected chi connectivity index (χ0v) is 17.3. The second kappa shape index (κ2) is 9.65. The van der Waals surface area contributed by atoms with Gasteiger partial charge in [0.1, 0.15) is 6.04 Å². The molecule has 0 spiro atoms. The van der Waals surface area contributed by atoms with Crippen LogP contribution in [0.4, 0.5) is 0 Å². The van der Waals surface area contributed by atoms with Gasteiger partial charge in [0.2, 0.25) is 23.6 Å². The topological polar surface area (TPSA) is 91.6 Å². The van der Waals surface area contributed by atoms with Gasteiger partial charge in [-0.1, -0.05) is 44.2 Å². The second-order valence-corrected chi connectivity index (χ2v) is 7.61. The van der Waals surface area contributed by atoms with Gasteiger partial charge in [0, 0.05) is 52.0 Å². The Hall–Kier alpha value is -2.74. The standard InChI is InChI=1S/C21H29N5O3/c1-15(2)21-24-23-18(29-21)9-10-19(27)26-12-11-25(17(14-26)20(28)22-3)13-16-7-5-4-6-8-16/h4-8,15,17H,9-14H2,1-3H3,(H,22,28)/t17-/m1/s1. The molecule has 0 radical (unpaired) electrons. The number of aryl methyl sites for hydroxylation is 1. The van der Waals surface area contributed by atoms with Crippen LogP contribution in [-0.4, -0.2) is 64.5 Å².